The van der Waals surface area contributed by atoms with E-state index in [0.29, 0.717) is 0 Å². The molecule has 0 spiro atoms. The van der Waals surface area contributed by atoms with Gasteiger partial charge in [0, 0.05) is 46.7 Å². The van der Waals surface area contributed by atoms with Crippen LogP contribution in [0.1, 0.15) is 103 Å². The van der Waals surface area contributed by atoms with Gasteiger partial charge in [-0.05, 0) is 74.2 Å². The molecule has 0 aliphatic heterocycles. The Kier molecular flexibility index (Phi) is 17.1. The molecule has 0 aromatic heterocycles. The number of unbranched alkanes of at least 4 members (excludes halogenated alkanes) is 7. The Labute approximate surface area is 224 Å². The molecule has 2 aromatic rings. The molecule has 3 heteroatoms. The summed E-state index contributed by atoms with van der Waals surface area (Å²) in [6, 6.07) is 16.4. The molecule has 2 nitrogen and oxygen atoms in total. The van der Waals surface area contributed by atoms with Gasteiger partial charge < -0.3 is 0 Å². The van der Waals surface area contributed by atoms with Gasteiger partial charge in [-0.1, -0.05) is 76.6 Å². The van der Waals surface area contributed by atoms with Crippen LogP contribution in [0.15, 0.2) is 58.5 Å². The Morgan fingerprint density at radius 2 is 1.14 bits per heavy atom. The summed E-state index contributed by atoms with van der Waals surface area (Å²) in [5.74, 6) is 13.0. The maximum absolute atomic E-state index is 4.85. The van der Waals surface area contributed by atoms with E-state index in [-0.39, 0.29) is 16.5 Å². The molecule has 0 aliphatic rings. The molecule has 0 saturated carbocycles. The molecule has 0 aliphatic carbocycles. The third-order valence-corrected chi connectivity index (χ3v) is 5.43. The quantitative estimate of drug-likeness (QED) is 0.117. The minimum atomic E-state index is 0. The average molecular weight is 511 g/mol. The van der Waals surface area contributed by atoms with E-state index >= 15 is 0 Å². The van der Waals surface area contributed by atoms with E-state index in [1.807, 2.05) is 42.6 Å². The van der Waals surface area contributed by atoms with Crippen molar-refractivity contribution in [1.29, 1.82) is 0 Å². The topological polar surface area (TPSA) is 24.7 Å². The zero-order valence-corrected chi connectivity index (χ0v) is 22.7. The van der Waals surface area contributed by atoms with Gasteiger partial charge in [-0.25, -0.2) is 0 Å². The van der Waals surface area contributed by atoms with Crippen LogP contribution in [0.3, 0.4) is 0 Å². The normalized spacial score (nSPS) is 10.8. The van der Waals surface area contributed by atoms with Gasteiger partial charge in [-0.2, -0.15) is 0 Å². The van der Waals surface area contributed by atoms with Crippen molar-refractivity contribution in [1.82, 2.24) is 0 Å². The van der Waals surface area contributed by atoms with E-state index in [4.69, 9.17) is 4.99 Å². The number of hydrogen-bond acceptors (Lipinski definition) is 2. The summed E-state index contributed by atoms with van der Waals surface area (Å²) in [7, 11) is 0. The summed E-state index contributed by atoms with van der Waals surface area (Å²) in [6.07, 6.45) is 14.3. The molecular formula is C32H40N2Ni. The first kappa shape index (κ1) is 30.4. The molecule has 2 rings (SSSR count). The molecule has 0 amide bonds. The van der Waals surface area contributed by atoms with Crippen LogP contribution in [0.25, 0.3) is 0 Å². The largest absolute Gasteiger partial charge is 0.255 e. The zero-order valence-electron chi connectivity index (χ0n) is 21.7. The summed E-state index contributed by atoms with van der Waals surface area (Å²) in [5.41, 5.74) is 4.97. The maximum Gasteiger partial charge on any atom is 0.0634 e. The zero-order chi connectivity index (χ0) is 24.3. The van der Waals surface area contributed by atoms with Crippen molar-refractivity contribution in [3.63, 3.8) is 0 Å². The Bertz CT molecular complexity index is 1010. The van der Waals surface area contributed by atoms with Gasteiger partial charge in [-0.3, -0.25) is 9.98 Å². The van der Waals surface area contributed by atoms with E-state index in [9.17, 15) is 0 Å². The fraction of sp³-hybridized carbons (Fsp3) is 0.438. The molecule has 2 aromatic carbocycles. The van der Waals surface area contributed by atoms with Crippen LogP contribution in [0.2, 0.25) is 0 Å². The predicted octanol–water partition coefficient (Wildman–Crippen LogP) is 9.21. The number of rotatable bonds is 12. The predicted molar refractivity (Wildman–Crippen MR) is 150 cm³/mol. The van der Waals surface area contributed by atoms with Crippen LogP contribution in [0.4, 0.5) is 11.4 Å². The summed E-state index contributed by atoms with van der Waals surface area (Å²) >= 11 is 0. The second-order valence-electron chi connectivity index (χ2n) is 8.58. The average Bonchev–Trinajstić information content (AvgIpc) is 2.87. The van der Waals surface area contributed by atoms with E-state index in [2.05, 4.69) is 61.6 Å². The molecule has 0 bridgehead atoms. The first-order chi connectivity index (χ1) is 16.7. The standard InChI is InChI=1S/C32H40N2.Ni/c1-4-7-10-12-14-16-28-19-23-30(24-20-28)33-27-32(18-9-6-3)34-31-25-21-29(22-26-31)17-15-13-11-8-5-2;/h19-27H,4-13,18H2,1-3H3;. The van der Waals surface area contributed by atoms with Crippen molar-refractivity contribution in [2.75, 3.05) is 0 Å². The second kappa shape index (κ2) is 19.7. The second-order valence-corrected chi connectivity index (χ2v) is 8.58. The van der Waals surface area contributed by atoms with Crippen LogP contribution in [-0.2, 0) is 16.5 Å². The van der Waals surface area contributed by atoms with Gasteiger partial charge in [0.15, 0.2) is 0 Å². The molecule has 188 valence electrons. The van der Waals surface area contributed by atoms with E-state index < -0.39 is 0 Å². The molecular weight excluding hydrogens is 471 g/mol. The SMILES string of the molecule is CCCCCC#Cc1ccc(N=CC(CCCC)=Nc2ccc(C#CCCCCC)cc2)cc1.[Ni]. The number of nitrogens with zero attached hydrogens (tertiary/aromatic N) is 2. The van der Waals surface area contributed by atoms with Gasteiger partial charge in [-0.15, -0.1) is 0 Å². The van der Waals surface area contributed by atoms with Crippen molar-refractivity contribution >= 4 is 23.3 Å². The Morgan fingerprint density at radius 1 is 0.657 bits per heavy atom. The summed E-state index contributed by atoms with van der Waals surface area (Å²) < 4.78 is 0. The monoisotopic (exact) mass is 510 g/mol. The van der Waals surface area contributed by atoms with Gasteiger partial charge in [0.05, 0.1) is 17.1 Å². The van der Waals surface area contributed by atoms with Crippen LogP contribution in [0, 0.1) is 23.7 Å². The molecule has 35 heavy (non-hydrogen) atoms. The van der Waals surface area contributed by atoms with Gasteiger partial charge in [0.1, 0.15) is 0 Å². The van der Waals surface area contributed by atoms with Crippen molar-refractivity contribution in [2.45, 2.75) is 91.4 Å². The van der Waals surface area contributed by atoms with Gasteiger partial charge in [0.2, 0.25) is 0 Å². The van der Waals surface area contributed by atoms with Gasteiger partial charge >= 0.3 is 0 Å². The number of benzene rings is 2. The van der Waals surface area contributed by atoms with Crippen molar-refractivity contribution in [3.05, 3.63) is 59.7 Å². The number of hydrogen-bond donors (Lipinski definition) is 0. The Morgan fingerprint density at radius 3 is 1.63 bits per heavy atom. The molecule has 0 unspecified atom stereocenters. The molecule has 0 radical (unpaired) electrons. The Hall–Kier alpha value is -2.61. The molecule has 0 fully saturated rings. The van der Waals surface area contributed by atoms with Crippen molar-refractivity contribution in [2.24, 2.45) is 9.98 Å². The molecule has 0 heterocycles. The number of aliphatic imine (C=N–C) groups is 2. The van der Waals surface area contributed by atoms with Gasteiger partial charge in [0.25, 0.3) is 0 Å². The fourth-order valence-corrected chi connectivity index (χ4v) is 3.33. The van der Waals surface area contributed by atoms with Crippen LogP contribution in [-0.4, -0.2) is 11.9 Å². The van der Waals surface area contributed by atoms with E-state index in [1.54, 1.807) is 0 Å². The first-order valence-corrected chi connectivity index (χ1v) is 13.0. The summed E-state index contributed by atoms with van der Waals surface area (Å²) in [5, 5.41) is 0. The molecule has 0 N–H and O–H groups in total. The minimum absolute atomic E-state index is 0. The first-order valence-electron chi connectivity index (χ1n) is 13.0. The third-order valence-electron chi connectivity index (χ3n) is 5.43. The maximum atomic E-state index is 4.85. The fourth-order valence-electron chi connectivity index (χ4n) is 3.33. The van der Waals surface area contributed by atoms with Crippen LogP contribution in [0.5, 0.6) is 0 Å². The van der Waals surface area contributed by atoms with Crippen molar-refractivity contribution < 1.29 is 16.5 Å². The van der Waals surface area contributed by atoms with E-state index in [0.717, 1.165) is 60.3 Å². The molecule has 0 saturated heterocycles. The van der Waals surface area contributed by atoms with Crippen molar-refractivity contribution in [3.8, 4) is 23.7 Å². The van der Waals surface area contributed by atoms with E-state index in [1.165, 1.54) is 38.5 Å². The Balaban J connectivity index is 0.00000612. The minimum Gasteiger partial charge on any atom is -0.255 e. The van der Waals surface area contributed by atoms with Crippen LogP contribution < -0.4 is 0 Å². The third kappa shape index (κ3) is 13.8. The molecule has 0 atom stereocenters. The summed E-state index contributed by atoms with van der Waals surface area (Å²) in [4.78, 5) is 9.53. The summed E-state index contributed by atoms with van der Waals surface area (Å²) in [6.45, 7) is 6.63. The smallest absolute Gasteiger partial charge is 0.0634 e. The van der Waals surface area contributed by atoms with Crippen LogP contribution >= 0.6 is 0 Å².